The minimum Gasteiger partial charge on any atom is -0.497 e. The number of amides is 1. The summed E-state index contributed by atoms with van der Waals surface area (Å²) in [7, 11) is 1.62. The van der Waals surface area contributed by atoms with Crippen molar-refractivity contribution in [1.29, 1.82) is 0 Å². The molecule has 2 heterocycles. The molecule has 0 spiro atoms. The first-order valence-electron chi connectivity index (χ1n) is 9.01. The number of nitrogens with zero attached hydrogens (tertiary/aromatic N) is 3. The summed E-state index contributed by atoms with van der Waals surface area (Å²) in [5, 5.41) is 12.2. The topological polar surface area (TPSA) is 82.2 Å². The van der Waals surface area contributed by atoms with E-state index in [1.165, 1.54) is 11.8 Å². The summed E-state index contributed by atoms with van der Waals surface area (Å²) in [6.45, 7) is 6.05. The van der Waals surface area contributed by atoms with Gasteiger partial charge in [0.1, 0.15) is 5.75 Å². The van der Waals surface area contributed by atoms with E-state index in [2.05, 4.69) is 15.5 Å². The number of carbonyl (C=O) groups excluding carboxylic acids is 1. The van der Waals surface area contributed by atoms with Crippen LogP contribution in [0.4, 0.5) is 0 Å². The molecule has 28 heavy (non-hydrogen) atoms. The molecule has 0 bridgehead atoms. The van der Waals surface area contributed by atoms with Gasteiger partial charge in [-0.15, -0.1) is 10.2 Å². The Balaban J connectivity index is 1.88. The van der Waals surface area contributed by atoms with Crippen molar-refractivity contribution in [1.82, 2.24) is 20.1 Å². The Hall–Kier alpha value is -2.74. The molecule has 0 saturated heterocycles. The van der Waals surface area contributed by atoms with Gasteiger partial charge in [-0.2, -0.15) is 0 Å². The van der Waals surface area contributed by atoms with Gasteiger partial charge in [-0.1, -0.05) is 18.7 Å². The molecule has 0 saturated carbocycles. The van der Waals surface area contributed by atoms with Crippen molar-refractivity contribution in [2.75, 3.05) is 12.9 Å². The molecule has 0 unspecified atom stereocenters. The molecular formula is C20H24N4O3S. The van der Waals surface area contributed by atoms with Gasteiger partial charge < -0.3 is 14.5 Å². The van der Waals surface area contributed by atoms with E-state index in [0.717, 1.165) is 17.9 Å². The van der Waals surface area contributed by atoms with Gasteiger partial charge in [0.25, 0.3) is 0 Å². The van der Waals surface area contributed by atoms with Gasteiger partial charge in [0, 0.05) is 5.54 Å². The van der Waals surface area contributed by atoms with Gasteiger partial charge in [-0.3, -0.25) is 9.36 Å². The zero-order valence-corrected chi connectivity index (χ0v) is 17.2. The van der Waals surface area contributed by atoms with Crippen molar-refractivity contribution in [3.05, 3.63) is 42.7 Å². The third kappa shape index (κ3) is 4.56. The van der Waals surface area contributed by atoms with Crippen LogP contribution in [0.3, 0.4) is 0 Å². The zero-order chi connectivity index (χ0) is 20.1. The van der Waals surface area contributed by atoms with E-state index in [9.17, 15) is 4.79 Å². The van der Waals surface area contributed by atoms with Crippen molar-refractivity contribution < 1.29 is 13.9 Å². The number of hydrogen-bond donors (Lipinski definition) is 1. The Morgan fingerprint density at radius 3 is 2.61 bits per heavy atom. The quantitative estimate of drug-likeness (QED) is 0.577. The maximum Gasteiger partial charge on any atom is 0.230 e. The van der Waals surface area contributed by atoms with Gasteiger partial charge in [-0.25, -0.2) is 0 Å². The second kappa shape index (κ2) is 8.52. The Kier molecular flexibility index (Phi) is 6.08. The van der Waals surface area contributed by atoms with E-state index in [4.69, 9.17) is 9.15 Å². The fourth-order valence-corrected chi connectivity index (χ4v) is 3.28. The highest BCUT2D eigenvalue weighted by atomic mass is 32.2. The standard InChI is InChI=1S/C20H24N4O3S/c1-5-20(2,3)21-17(25)13-28-19-23-22-18(16-7-6-12-27-16)24(19)14-8-10-15(26-4)11-9-14/h6-12H,5,13H2,1-4H3,(H,21,25). The van der Waals surface area contributed by atoms with Gasteiger partial charge in [-0.05, 0) is 56.7 Å². The molecule has 3 aromatic rings. The molecule has 0 aliphatic carbocycles. The Morgan fingerprint density at radius 1 is 1.25 bits per heavy atom. The molecule has 7 nitrogen and oxygen atoms in total. The molecule has 0 aliphatic heterocycles. The molecule has 8 heteroatoms. The van der Waals surface area contributed by atoms with Crippen molar-refractivity contribution in [3.63, 3.8) is 0 Å². The van der Waals surface area contributed by atoms with Crippen LogP contribution in [0.15, 0.2) is 52.2 Å². The van der Waals surface area contributed by atoms with E-state index in [1.807, 2.05) is 55.7 Å². The second-order valence-electron chi connectivity index (χ2n) is 6.89. The van der Waals surface area contributed by atoms with Crippen molar-refractivity contribution in [3.8, 4) is 23.0 Å². The highest BCUT2D eigenvalue weighted by Crippen LogP contribution is 2.29. The number of furan rings is 1. The molecule has 0 aliphatic rings. The van der Waals surface area contributed by atoms with Crippen LogP contribution < -0.4 is 10.1 Å². The number of nitrogens with one attached hydrogen (secondary N) is 1. The highest BCUT2D eigenvalue weighted by Gasteiger charge is 2.21. The normalized spacial score (nSPS) is 11.4. The lowest BCUT2D eigenvalue weighted by atomic mass is 10.0. The van der Waals surface area contributed by atoms with E-state index in [-0.39, 0.29) is 17.2 Å². The number of carbonyl (C=O) groups is 1. The largest absolute Gasteiger partial charge is 0.497 e. The van der Waals surface area contributed by atoms with Crippen LogP contribution in [0.1, 0.15) is 27.2 Å². The van der Waals surface area contributed by atoms with Crippen LogP contribution in [0.5, 0.6) is 5.75 Å². The van der Waals surface area contributed by atoms with Crippen LogP contribution in [0, 0.1) is 0 Å². The number of aromatic nitrogens is 3. The Labute approximate surface area is 168 Å². The first-order valence-corrected chi connectivity index (χ1v) is 9.99. The average molecular weight is 401 g/mol. The molecule has 2 aromatic heterocycles. The number of thioether (sulfide) groups is 1. The lowest BCUT2D eigenvalue weighted by Crippen LogP contribution is -2.43. The van der Waals surface area contributed by atoms with E-state index < -0.39 is 0 Å². The fraction of sp³-hybridized carbons (Fsp3) is 0.350. The average Bonchev–Trinajstić information content (AvgIpc) is 3.35. The monoisotopic (exact) mass is 400 g/mol. The lowest BCUT2D eigenvalue weighted by molar-refractivity contribution is -0.120. The highest BCUT2D eigenvalue weighted by molar-refractivity contribution is 7.99. The molecule has 1 N–H and O–H groups in total. The van der Waals surface area contributed by atoms with Crippen LogP contribution >= 0.6 is 11.8 Å². The smallest absolute Gasteiger partial charge is 0.230 e. The molecule has 0 fully saturated rings. The summed E-state index contributed by atoms with van der Waals surface area (Å²) in [6.07, 6.45) is 2.45. The molecule has 1 amide bonds. The number of hydrogen-bond acceptors (Lipinski definition) is 6. The van der Waals surface area contributed by atoms with Crippen LogP contribution in [0.25, 0.3) is 17.3 Å². The third-order valence-corrected chi connectivity index (χ3v) is 5.33. The maximum atomic E-state index is 12.3. The molecule has 1 aromatic carbocycles. The predicted octanol–water partition coefficient (Wildman–Crippen LogP) is 3.93. The molecule has 0 atom stereocenters. The lowest BCUT2D eigenvalue weighted by Gasteiger charge is -2.24. The van der Waals surface area contributed by atoms with Crippen molar-refractivity contribution >= 4 is 17.7 Å². The molecular weight excluding hydrogens is 376 g/mol. The summed E-state index contributed by atoms with van der Waals surface area (Å²) in [6, 6.07) is 11.2. The van der Waals surface area contributed by atoms with Gasteiger partial charge >= 0.3 is 0 Å². The number of rotatable bonds is 8. The van der Waals surface area contributed by atoms with E-state index in [0.29, 0.717) is 16.7 Å². The minimum absolute atomic E-state index is 0.0410. The predicted molar refractivity (Wildman–Crippen MR) is 109 cm³/mol. The van der Waals surface area contributed by atoms with E-state index in [1.54, 1.807) is 19.4 Å². The maximum absolute atomic E-state index is 12.3. The Bertz CT molecular complexity index is 918. The minimum atomic E-state index is -0.235. The fourth-order valence-electron chi connectivity index (χ4n) is 2.52. The van der Waals surface area contributed by atoms with Gasteiger partial charge in [0.15, 0.2) is 10.9 Å². The zero-order valence-electron chi connectivity index (χ0n) is 16.4. The van der Waals surface area contributed by atoms with Gasteiger partial charge in [0.2, 0.25) is 11.7 Å². The molecule has 0 radical (unpaired) electrons. The second-order valence-corrected chi connectivity index (χ2v) is 7.83. The molecule has 3 rings (SSSR count). The Morgan fingerprint density at radius 2 is 2.00 bits per heavy atom. The number of methoxy groups -OCH3 is 1. The van der Waals surface area contributed by atoms with Crippen molar-refractivity contribution in [2.24, 2.45) is 0 Å². The van der Waals surface area contributed by atoms with E-state index >= 15 is 0 Å². The van der Waals surface area contributed by atoms with Crippen LogP contribution in [-0.2, 0) is 4.79 Å². The van der Waals surface area contributed by atoms with Gasteiger partial charge in [0.05, 0.1) is 24.8 Å². The summed E-state index contributed by atoms with van der Waals surface area (Å²) >= 11 is 1.33. The summed E-state index contributed by atoms with van der Waals surface area (Å²) < 4.78 is 12.6. The van der Waals surface area contributed by atoms with Crippen LogP contribution in [0.2, 0.25) is 0 Å². The summed E-state index contributed by atoms with van der Waals surface area (Å²) in [5.74, 6) is 2.14. The first-order chi connectivity index (χ1) is 13.4. The first kappa shape index (κ1) is 20.0. The SMILES string of the molecule is CCC(C)(C)NC(=O)CSc1nnc(-c2ccco2)n1-c1ccc(OC)cc1. The summed E-state index contributed by atoms with van der Waals surface area (Å²) in [4.78, 5) is 12.3. The number of benzene rings is 1. The van der Waals surface area contributed by atoms with Crippen molar-refractivity contribution in [2.45, 2.75) is 37.9 Å². The van der Waals surface area contributed by atoms with Crippen LogP contribution in [-0.4, -0.2) is 39.1 Å². The summed E-state index contributed by atoms with van der Waals surface area (Å²) in [5.41, 5.74) is 0.620. The third-order valence-electron chi connectivity index (χ3n) is 4.40. The number of ether oxygens (including phenoxy) is 1. The molecule has 148 valence electrons.